The predicted octanol–water partition coefficient (Wildman–Crippen LogP) is 13.6. The monoisotopic (exact) mass is 990 g/mol. The second kappa shape index (κ2) is 14.1. The number of ether oxygens (including phenoxy) is 1. The molecule has 0 saturated heterocycles. The molecule has 1 aliphatic heterocycles. The first-order valence-corrected chi connectivity index (χ1v) is 20.3. The van der Waals surface area contributed by atoms with Gasteiger partial charge in [-0.2, -0.15) is 12.1 Å². The number of fused-ring (bicyclic) bond motifs is 10. The van der Waals surface area contributed by atoms with Crippen molar-refractivity contribution in [1.29, 1.82) is 0 Å². The molecule has 7 aromatic carbocycles. The topological polar surface area (TPSA) is 43.4 Å². The normalized spacial score (nSPS) is 14.8. The number of nitrogens with zero attached hydrogens (tertiary/aromatic N) is 6. The Morgan fingerprint density at radius 3 is 1.84 bits per heavy atom. The van der Waals surface area contributed by atoms with E-state index in [1.165, 1.54) is 14.7 Å². The Bertz CT molecular complexity index is 3720. The fourth-order valence-corrected chi connectivity index (χ4v) is 9.19. The van der Waals surface area contributed by atoms with Crippen LogP contribution in [0.1, 0.15) is 34.6 Å². The zero-order chi connectivity index (χ0) is 46.1. The molecule has 306 valence electrons. The first-order valence-electron chi connectivity index (χ1n) is 23.3. The molecule has 0 aliphatic carbocycles. The third kappa shape index (κ3) is 5.64. The van der Waals surface area contributed by atoms with Crippen LogP contribution in [0.4, 0.5) is 22.7 Å². The Labute approximate surface area is 382 Å². The number of aryl methyl sites for hydroxylation is 2. The van der Waals surface area contributed by atoms with Gasteiger partial charge in [0.15, 0.2) is 0 Å². The van der Waals surface area contributed by atoms with Gasteiger partial charge in [0, 0.05) is 110 Å². The Morgan fingerprint density at radius 1 is 0.581 bits per heavy atom. The zero-order valence-electron chi connectivity index (χ0n) is 39.9. The van der Waals surface area contributed by atoms with Crippen LogP contribution >= 0.6 is 0 Å². The van der Waals surface area contributed by atoms with Crippen LogP contribution in [0.2, 0.25) is 0 Å². The SMILES string of the molecule is [2H]C([2H])([2H])n1c2ccccc2c2cc3c4ccccc4n(C([2H])([2H])[2H])c3c(N3[CH-]N(c4[c-]c(Oc5[c-]c6c(cc5)c5ccccc5n6-c5cc(C(C)(C)C)ccn5)ccc4)c4ccccc43)c21.[Pt]. The summed E-state index contributed by atoms with van der Waals surface area (Å²) in [4.78, 5) is 8.72. The van der Waals surface area contributed by atoms with Crippen molar-refractivity contribution >= 4 is 88.2 Å². The summed E-state index contributed by atoms with van der Waals surface area (Å²) in [6.45, 7) is 3.20. The molecular formula is C54H41N6OPt-3. The average molecular weight is 991 g/mol. The largest absolute Gasteiger partial charge is 0.509 e. The van der Waals surface area contributed by atoms with Crippen LogP contribution < -0.4 is 14.5 Å². The molecule has 0 bridgehead atoms. The van der Waals surface area contributed by atoms with E-state index in [9.17, 15) is 0 Å². The molecule has 62 heavy (non-hydrogen) atoms. The van der Waals surface area contributed by atoms with Gasteiger partial charge in [0.2, 0.25) is 0 Å². The standard InChI is InChI=1S/C54H41N6O.Pt/c1-54(2,3)34-27-28-55-50(29-34)60-46-22-11-8-17-38(46)41-26-25-37(31-49(41)60)61-36-16-14-15-35(30-36)58-33-59(48-24-13-12-23-47(48)58)53-51-42(39-18-6-9-20-44(39)56(51)4)32-43-40-19-7-10-21-45(40)57(5)52(43)53;/h6-29,32-33H,1-5H3;/q-3;/i4D3,5D3;. The molecule has 0 unspecified atom stereocenters. The van der Waals surface area contributed by atoms with Crippen LogP contribution in [0.3, 0.4) is 0 Å². The van der Waals surface area contributed by atoms with Gasteiger partial charge in [-0.05, 0) is 64.9 Å². The van der Waals surface area contributed by atoms with Crippen molar-refractivity contribution in [3.8, 4) is 17.3 Å². The number of hydrogen-bond donors (Lipinski definition) is 0. The number of para-hydroxylation sites is 5. The molecule has 0 amide bonds. The number of hydrogen-bond acceptors (Lipinski definition) is 4. The van der Waals surface area contributed by atoms with E-state index in [2.05, 4.69) is 67.8 Å². The molecule has 12 rings (SSSR count). The van der Waals surface area contributed by atoms with Crippen molar-refractivity contribution in [1.82, 2.24) is 18.7 Å². The fraction of sp³-hybridized carbons (Fsp3) is 0.111. The molecule has 1 aliphatic rings. The van der Waals surface area contributed by atoms with Gasteiger partial charge >= 0.3 is 0 Å². The zero-order valence-corrected chi connectivity index (χ0v) is 36.2. The molecule has 0 saturated carbocycles. The molecule has 7 nitrogen and oxygen atoms in total. The summed E-state index contributed by atoms with van der Waals surface area (Å²) in [5.41, 5.74) is 7.31. The number of aromatic nitrogens is 4. The van der Waals surface area contributed by atoms with Crippen molar-refractivity contribution in [3.05, 3.63) is 176 Å². The predicted molar refractivity (Wildman–Crippen MR) is 251 cm³/mol. The summed E-state index contributed by atoms with van der Waals surface area (Å²) >= 11 is 0. The van der Waals surface area contributed by atoms with E-state index in [0.717, 1.165) is 49.8 Å². The van der Waals surface area contributed by atoms with E-state index < -0.39 is 14.0 Å². The maximum Gasteiger partial charge on any atom is 0.135 e. The van der Waals surface area contributed by atoms with Crippen molar-refractivity contribution < 1.29 is 34.0 Å². The van der Waals surface area contributed by atoms with Gasteiger partial charge in [-0.3, -0.25) is 0 Å². The van der Waals surface area contributed by atoms with Gasteiger partial charge in [0.25, 0.3) is 0 Å². The Balaban J connectivity index is 0.00000507. The number of anilines is 4. The van der Waals surface area contributed by atoms with E-state index in [4.69, 9.17) is 17.9 Å². The molecule has 0 atom stereocenters. The summed E-state index contributed by atoms with van der Waals surface area (Å²) < 4.78 is 65.0. The number of benzene rings is 7. The molecule has 0 fully saturated rings. The van der Waals surface area contributed by atoms with E-state index in [0.29, 0.717) is 55.7 Å². The third-order valence-electron chi connectivity index (χ3n) is 12.1. The van der Waals surface area contributed by atoms with Gasteiger partial charge in [-0.1, -0.05) is 93.0 Å². The van der Waals surface area contributed by atoms with Gasteiger partial charge in [-0.15, -0.1) is 48.1 Å². The third-order valence-corrected chi connectivity index (χ3v) is 12.1. The van der Waals surface area contributed by atoms with Crippen molar-refractivity contribution in [2.75, 3.05) is 9.80 Å². The maximum atomic E-state index is 8.92. The second-order valence-corrected chi connectivity index (χ2v) is 16.7. The number of rotatable bonds is 5. The van der Waals surface area contributed by atoms with Crippen LogP contribution in [-0.2, 0) is 40.4 Å². The molecule has 0 radical (unpaired) electrons. The van der Waals surface area contributed by atoms with Crippen molar-refractivity contribution in [2.45, 2.75) is 26.2 Å². The molecule has 11 aromatic rings. The van der Waals surface area contributed by atoms with Crippen LogP contribution in [-0.4, -0.2) is 18.7 Å². The summed E-state index contributed by atoms with van der Waals surface area (Å²) in [6, 6.07) is 53.8. The van der Waals surface area contributed by atoms with Crippen LogP contribution in [0.15, 0.2) is 152 Å². The summed E-state index contributed by atoms with van der Waals surface area (Å²) in [7, 11) is 0. The minimum absolute atomic E-state index is 0. The first kappa shape index (κ1) is 32.0. The summed E-state index contributed by atoms with van der Waals surface area (Å²) in [5.74, 6) is 1.73. The molecule has 0 spiro atoms. The quantitative estimate of drug-likeness (QED) is 0.161. The second-order valence-electron chi connectivity index (χ2n) is 16.7. The fourth-order valence-electron chi connectivity index (χ4n) is 9.19. The van der Waals surface area contributed by atoms with Crippen LogP contribution in [0, 0.1) is 18.8 Å². The van der Waals surface area contributed by atoms with Gasteiger partial charge in [-0.25, -0.2) is 4.98 Å². The molecule has 4 aromatic heterocycles. The molecule has 5 heterocycles. The molecule has 0 N–H and O–H groups in total. The number of pyridine rings is 1. The van der Waals surface area contributed by atoms with Gasteiger partial charge in [0.05, 0.1) is 16.7 Å². The summed E-state index contributed by atoms with van der Waals surface area (Å²) in [5, 5.41) is 4.98. The van der Waals surface area contributed by atoms with E-state index in [1.54, 1.807) is 12.1 Å². The first-order chi connectivity index (χ1) is 32.1. The Morgan fingerprint density at radius 2 is 1.18 bits per heavy atom. The summed E-state index contributed by atoms with van der Waals surface area (Å²) in [6.07, 6.45) is 1.86. The van der Waals surface area contributed by atoms with Crippen LogP contribution in [0.25, 0.3) is 71.2 Å². The Kier molecular flexibility index (Phi) is 7.28. The smallest absolute Gasteiger partial charge is 0.135 e. The van der Waals surface area contributed by atoms with Crippen molar-refractivity contribution in [3.63, 3.8) is 0 Å². The van der Waals surface area contributed by atoms with E-state index in [1.807, 2.05) is 126 Å². The van der Waals surface area contributed by atoms with Gasteiger partial charge in [0.1, 0.15) is 5.82 Å². The van der Waals surface area contributed by atoms with Gasteiger partial charge < -0.3 is 28.2 Å². The maximum absolute atomic E-state index is 8.92. The van der Waals surface area contributed by atoms with Crippen molar-refractivity contribution in [2.24, 2.45) is 14.0 Å². The van der Waals surface area contributed by atoms with E-state index >= 15 is 0 Å². The minimum atomic E-state index is -2.62. The Hall–Kier alpha value is -6.82. The van der Waals surface area contributed by atoms with E-state index in [-0.39, 0.29) is 26.5 Å². The van der Waals surface area contributed by atoms with Crippen LogP contribution in [0.5, 0.6) is 11.5 Å². The molecular weight excluding hydrogens is 944 g/mol. The molecule has 8 heteroatoms. The average Bonchev–Trinajstić information content (AvgIpc) is 4.05. The minimum Gasteiger partial charge on any atom is -0.509 e.